The predicted molar refractivity (Wildman–Crippen MR) is 75.0 cm³/mol. The smallest absolute Gasteiger partial charge is 0.260 e. The van der Waals surface area contributed by atoms with Gasteiger partial charge in [0, 0.05) is 32.7 Å². The molecular weight excluding hydrogens is 296 g/mol. The van der Waals surface area contributed by atoms with Crippen LogP contribution in [0, 0.1) is 5.92 Å². The largest absolute Gasteiger partial charge is 0.383 e. The van der Waals surface area contributed by atoms with E-state index < -0.39 is 10.0 Å². The number of piperidine rings is 1. The van der Waals surface area contributed by atoms with Crippen LogP contribution in [-0.4, -0.2) is 61.9 Å². The van der Waals surface area contributed by atoms with Crippen LogP contribution in [0.3, 0.4) is 0 Å². The number of H-pyrrole nitrogens is 1. The third kappa shape index (κ3) is 3.80. The molecule has 1 aromatic rings. The van der Waals surface area contributed by atoms with Gasteiger partial charge in [-0.25, -0.2) is 13.4 Å². The van der Waals surface area contributed by atoms with Crippen LogP contribution in [0.25, 0.3) is 0 Å². The van der Waals surface area contributed by atoms with E-state index in [1.54, 1.807) is 7.11 Å². The molecule has 118 valence electrons. The Balaban J connectivity index is 1.87. The number of rotatable bonds is 6. The van der Waals surface area contributed by atoms with Crippen molar-refractivity contribution < 1.29 is 17.9 Å². The van der Waals surface area contributed by atoms with Crippen molar-refractivity contribution in [1.29, 1.82) is 0 Å². The maximum atomic E-state index is 12.3. The number of nitrogens with one attached hydrogen (secondary N) is 2. The first-order chi connectivity index (χ1) is 10.1. The van der Waals surface area contributed by atoms with Gasteiger partial charge >= 0.3 is 0 Å². The summed E-state index contributed by atoms with van der Waals surface area (Å²) < 4.78 is 30.8. The summed E-state index contributed by atoms with van der Waals surface area (Å²) in [5, 5.41) is 2.87. The van der Waals surface area contributed by atoms with Gasteiger partial charge in [0.2, 0.25) is 5.91 Å². The summed E-state index contributed by atoms with van der Waals surface area (Å²) in [6.07, 6.45) is 3.67. The van der Waals surface area contributed by atoms with E-state index in [4.69, 9.17) is 4.74 Å². The molecule has 2 heterocycles. The second-order valence-corrected chi connectivity index (χ2v) is 6.78. The molecule has 1 aromatic heterocycles. The zero-order valence-electron chi connectivity index (χ0n) is 11.9. The van der Waals surface area contributed by atoms with Crippen molar-refractivity contribution >= 4 is 15.9 Å². The van der Waals surface area contributed by atoms with Gasteiger partial charge in [0.25, 0.3) is 10.0 Å². The molecule has 1 fully saturated rings. The second kappa shape index (κ2) is 7.01. The number of methoxy groups -OCH3 is 1. The van der Waals surface area contributed by atoms with Crippen molar-refractivity contribution in [2.75, 3.05) is 33.4 Å². The molecule has 2 N–H and O–H groups in total. The number of sulfonamides is 1. The molecule has 8 nitrogen and oxygen atoms in total. The lowest BCUT2D eigenvalue weighted by Crippen LogP contribution is -2.43. The Bertz CT molecular complexity index is 550. The lowest BCUT2D eigenvalue weighted by Gasteiger charge is -2.30. The predicted octanol–water partition coefficient (Wildman–Crippen LogP) is -0.427. The maximum Gasteiger partial charge on any atom is 0.260 e. The van der Waals surface area contributed by atoms with Crippen LogP contribution < -0.4 is 5.32 Å². The minimum Gasteiger partial charge on any atom is -0.383 e. The van der Waals surface area contributed by atoms with Gasteiger partial charge < -0.3 is 15.0 Å². The molecule has 0 spiro atoms. The first kappa shape index (κ1) is 15.9. The van der Waals surface area contributed by atoms with Crippen LogP contribution in [0.2, 0.25) is 0 Å². The van der Waals surface area contributed by atoms with Crippen molar-refractivity contribution in [2.45, 2.75) is 17.9 Å². The van der Waals surface area contributed by atoms with Crippen LogP contribution in [-0.2, 0) is 19.6 Å². The zero-order valence-corrected chi connectivity index (χ0v) is 12.7. The van der Waals surface area contributed by atoms with Gasteiger partial charge in [-0.05, 0) is 12.8 Å². The lowest BCUT2D eigenvalue weighted by atomic mass is 9.97. The standard InChI is InChI=1S/C12H20N4O4S/c1-20-7-4-14-12(17)10-2-5-16(6-3-10)21(18,19)11-8-13-9-15-11/h8-10H,2-7H2,1H3,(H,13,15)(H,14,17). The fraction of sp³-hybridized carbons (Fsp3) is 0.667. The van der Waals surface area contributed by atoms with Gasteiger partial charge in [-0.3, -0.25) is 4.79 Å². The number of ether oxygens (including phenoxy) is 1. The number of carbonyl (C=O) groups is 1. The highest BCUT2D eigenvalue weighted by molar-refractivity contribution is 7.89. The van der Waals surface area contributed by atoms with Crippen LogP contribution in [0.4, 0.5) is 0 Å². The average Bonchev–Trinajstić information content (AvgIpc) is 3.02. The van der Waals surface area contributed by atoms with Crippen molar-refractivity contribution in [1.82, 2.24) is 19.6 Å². The summed E-state index contributed by atoms with van der Waals surface area (Å²) in [5.74, 6) is -0.180. The molecule has 2 rings (SSSR count). The first-order valence-corrected chi connectivity index (χ1v) is 8.25. The molecule has 0 radical (unpaired) electrons. The number of aromatic nitrogens is 2. The minimum atomic E-state index is -3.53. The highest BCUT2D eigenvalue weighted by Crippen LogP contribution is 2.22. The molecule has 0 unspecified atom stereocenters. The molecule has 21 heavy (non-hydrogen) atoms. The lowest BCUT2D eigenvalue weighted by molar-refractivity contribution is -0.126. The average molecular weight is 316 g/mol. The van der Waals surface area contributed by atoms with Gasteiger partial charge in [0.1, 0.15) is 0 Å². The van der Waals surface area contributed by atoms with Crippen LogP contribution in [0.15, 0.2) is 17.6 Å². The molecule has 1 amide bonds. The molecule has 0 aromatic carbocycles. The van der Waals surface area contributed by atoms with Gasteiger partial charge in [-0.1, -0.05) is 0 Å². The molecule has 0 saturated carbocycles. The Morgan fingerprint density at radius 2 is 2.24 bits per heavy atom. The maximum absolute atomic E-state index is 12.3. The third-order valence-electron chi connectivity index (χ3n) is 3.52. The van der Waals surface area contributed by atoms with E-state index in [0.717, 1.165) is 0 Å². The third-order valence-corrected chi connectivity index (χ3v) is 5.35. The number of aromatic amines is 1. The minimum absolute atomic E-state index is 0.0364. The van der Waals surface area contributed by atoms with E-state index in [9.17, 15) is 13.2 Å². The molecule has 1 aliphatic rings. The van der Waals surface area contributed by atoms with Crippen molar-refractivity contribution in [3.8, 4) is 0 Å². The molecule has 1 aliphatic heterocycles. The van der Waals surface area contributed by atoms with Gasteiger partial charge in [0.15, 0.2) is 5.03 Å². The molecule has 0 atom stereocenters. The van der Waals surface area contributed by atoms with Crippen LogP contribution in [0.1, 0.15) is 12.8 Å². The van der Waals surface area contributed by atoms with Crippen LogP contribution >= 0.6 is 0 Å². The Kier molecular flexibility index (Phi) is 5.32. The fourth-order valence-electron chi connectivity index (χ4n) is 2.30. The zero-order chi connectivity index (χ0) is 15.3. The Hall–Kier alpha value is -1.45. The molecule has 1 saturated heterocycles. The van der Waals surface area contributed by atoms with E-state index in [1.165, 1.54) is 16.8 Å². The van der Waals surface area contributed by atoms with Gasteiger partial charge in [0.05, 0.1) is 19.1 Å². The summed E-state index contributed by atoms with van der Waals surface area (Å²) in [4.78, 5) is 18.2. The summed E-state index contributed by atoms with van der Waals surface area (Å²) in [6.45, 7) is 1.62. The van der Waals surface area contributed by atoms with Crippen LogP contribution in [0.5, 0.6) is 0 Å². The van der Waals surface area contributed by atoms with Crippen molar-refractivity contribution in [2.24, 2.45) is 5.92 Å². The first-order valence-electron chi connectivity index (χ1n) is 6.81. The van der Waals surface area contributed by atoms with E-state index in [1.807, 2.05) is 0 Å². The van der Waals surface area contributed by atoms with Gasteiger partial charge in [-0.15, -0.1) is 0 Å². The fourth-order valence-corrected chi connectivity index (χ4v) is 3.67. The topological polar surface area (TPSA) is 104 Å². The Labute approximate surface area is 123 Å². The quantitative estimate of drug-likeness (QED) is 0.693. The van der Waals surface area contributed by atoms with E-state index >= 15 is 0 Å². The Morgan fingerprint density at radius 1 is 1.52 bits per heavy atom. The highest BCUT2D eigenvalue weighted by atomic mass is 32.2. The number of hydrogen-bond donors (Lipinski definition) is 2. The monoisotopic (exact) mass is 316 g/mol. The Morgan fingerprint density at radius 3 is 2.81 bits per heavy atom. The van der Waals surface area contributed by atoms with E-state index in [-0.39, 0.29) is 16.9 Å². The van der Waals surface area contributed by atoms with Gasteiger partial charge in [-0.2, -0.15) is 4.31 Å². The second-order valence-electron chi connectivity index (χ2n) is 4.88. The molecular formula is C12H20N4O4S. The van der Waals surface area contributed by atoms with E-state index in [2.05, 4.69) is 15.3 Å². The summed E-state index contributed by atoms with van der Waals surface area (Å²) in [6, 6.07) is 0. The number of amides is 1. The number of nitrogens with zero attached hydrogens (tertiary/aromatic N) is 2. The normalized spacial score (nSPS) is 17.8. The van der Waals surface area contributed by atoms with E-state index in [0.29, 0.717) is 39.1 Å². The van der Waals surface area contributed by atoms with Crippen molar-refractivity contribution in [3.63, 3.8) is 0 Å². The molecule has 9 heteroatoms. The number of imidazole rings is 1. The van der Waals surface area contributed by atoms with Crippen molar-refractivity contribution in [3.05, 3.63) is 12.5 Å². The summed E-state index contributed by atoms with van der Waals surface area (Å²) in [7, 11) is -1.95. The summed E-state index contributed by atoms with van der Waals surface area (Å²) >= 11 is 0. The number of carbonyl (C=O) groups excluding carboxylic acids is 1. The SMILES string of the molecule is COCCNC(=O)C1CCN(S(=O)(=O)c2cnc[nH]2)CC1. The highest BCUT2D eigenvalue weighted by Gasteiger charge is 2.32. The number of hydrogen-bond acceptors (Lipinski definition) is 5. The molecule has 0 bridgehead atoms. The molecule has 0 aliphatic carbocycles. The summed E-state index contributed by atoms with van der Waals surface area (Å²) in [5.41, 5.74) is 0.